The van der Waals surface area contributed by atoms with Crippen molar-refractivity contribution in [1.82, 2.24) is 4.31 Å². The Hall–Kier alpha value is -0.430. The van der Waals surface area contributed by atoms with Gasteiger partial charge in [0.25, 0.3) is 0 Å². The van der Waals surface area contributed by atoms with Crippen LogP contribution < -0.4 is 0 Å². The van der Waals surface area contributed by atoms with E-state index in [9.17, 15) is 8.42 Å². The van der Waals surface area contributed by atoms with E-state index >= 15 is 0 Å². The normalized spacial score (nSPS) is 22.6. The third-order valence-corrected chi connectivity index (χ3v) is 4.54. The summed E-state index contributed by atoms with van der Waals surface area (Å²) in [6.45, 7) is 1.26. The first-order chi connectivity index (χ1) is 7.97. The second-order valence-electron chi connectivity index (χ2n) is 4.03. The Morgan fingerprint density at radius 2 is 2.00 bits per heavy atom. The molecule has 6 heteroatoms. The lowest BCUT2D eigenvalue weighted by Crippen LogP contribution is -2.41. The molecule has 2 rings (SSSR count). The summed E-state index contributed by atoms with van der Waals surface area (Å²) in [5.74, 6) is 0. The minimum Gasteiger partial charge on any atom is -0.371 e. The van der Waals surface area contributed by atoms with Gasteiger partial charge in [0.05, 0.1) is 19.0 Å². The molecular formula is C11H14BrNO3S. The number of ether oxygens (including phenoxy) is 1. The summed E-state index contributed by atoms with van der Waals surface area (Å²) in [6, 6.07) is 7.75. The molecule has 0 saturated carbocycles. The molecule has 1 aromatic rings. The summed E-state index contributed by atoms with van der Waals surface area (Å²) in [6.07, 6.45) is 1.06. The molecule has 1 fully saturated rings. The molecule has 1 aliphatic rings. The van der Waals surface area contributed by atoms with Crippen molar-refractivity contribution < 1.29 is 13.2 Å². The zero-order valence-electron chi connectivity index (χ0n) is 9.47. The Balaban J connectivity index is 2.15. The third-order valence-electron chi connectivity index (χ3n) is 2.74. The molecule has 1 atom stereocenters. The van der Waals surface area contributed by atoms with Crippen LogP contribution in [0.4, 0.5) is 0 Å². The molecule has 94 valence electrons. The molecule has 0 N–H and O–H groups in total. The summed E-state index contributed by atoms with van der Waals surface area (Å²) in [7, 11) is -3.13. The first-order valence-corrected chi connectivity index (χ1v) is 7.93. The molecule has 17 heavy (non-hydrogen) atoms. The lowest BCUT2D eigenvalue weighted by molar-refractivity contribution is -0.00235. The van der Waals surface area contributed by atoms with Crippen LogP contribution in [-0.2, 0) is 14.8 Å². The van der Waals surface area contributed by atoms with E-state index in [4.69, 9.17) is 4.74 Å². The molecule has 0 aliphatic carbocycles. The summed E-state index contributed by atoms with van der Waals surface area (Å²) < 4.78 is 31.0. The monoisotopic (exact) mass is 319 g/mol. The molecule has 0 aromatic heterocycles. The van der Waals surface area contributed by atoms with E-state index in [0.717, 1.165) is 10.0 Å². The van der Waals surface area contributed by atoms with E-state index in [1.165, 1.54) is 10.6 Å². The highest BCUT2D eigenvalue weighted by atomic mass is 79.9. The topological polar surface area (TPSA) is 46.6 Å². The zero-order chi connectivity index (χ0) is 12.5. The molecule has 0 amide bonds. The van der Waals surface area contributed by atoms with Gasteiger partial charge in [0.2, 0.25) is 10.0 Å². The van der Waals surface area contributed by atoms with Gasteiger partial charge in [0.15, 0.2) is 0 Å². The second-order valence-corrected chi connectivity index (χ2v) is 6.93. The average molecular weight is 320 g/mol. The molecule has 0 radical (unpaired) electrons. The van der Waals surface area contributed by atoms with Crippen molar-refractivity contribution in [3.63, 3.8) is 0 Å². The van der Waals surface area contributed by atoms with Gasteiger partial charge in [-0.15, -0.1) is 0 Å². The maximum atomic E-state index is 11.5. The van der Waals surface area contributed by atoms with Crippen molar-refractivity contribution >= 4 is 26.0 Å². The number of benzene rings is 1. The Kier molecular flexibility index (Phi) is 3.87. The first kappa shape index (κ1) is 13.0. The van der Waals surface area contributed by atoms with E-state index in [1.54, 1.807) is 0 Å². The van der Waals surface area contributed by atoms with E-state index in [2.05, 4.69) is 15.9 Å². The highest BCUT2D eigenvalue weighted by Gasteiger charge is 2.27. The van der Waals surface area contributed by atoms with Gasteiger partial charge in [-0.1, -0.05) is 28.1 Å². The van der Waals surface area contributed by atoms with E-state index in [0.29, 0.717) is 19.7 Å². The fourth-order valence-electron chi connectivity index (χ4n) is 1.81. The molecule has 0 spiro atoms. The summed E-state index contributed by atoms with van der Waals surface area (Å²) in [4.78, 5) is 0. The zero-order valence-corrected chi connectivity index (χ0v) is 11.9. The van der Waals surface area contributed by atoms with Gasteiger partial charge >= 0.3 is 0 Å². The number of halogens is 1. The SMILES string of the molecule is CS(=O)(=O)N1CCOC(c2ccc(Br)cc2)C1. The average Bonchev–Trinajstić information content (AvgIpc) is 2.29. The molecule has 0 bridgehead atoms. The van der Waals surface area contributed by atoms with Crippen molar-refractivity contribution in [3.8, 4) is 0 Å². The maximum absolute atomic E-state index is 11.5. The van der Waals surface area contributed by atoms with Crippen molar-refractivity contribution in [2.24, 2.45) is 0 Å². The van der Waals surface area contributed by atoms with Crippen LogP contribution in [0.5, 0.6) is 0 Å². The fourth-order valence-corrected chi connectivity index (χ4v) is 2.88. The number of sulfonamides is 1. The molecule has 1 heterocycles. The van der Waals surface area contributed by atoms with Crippen LogP contribution in [-0.4, -0.2) is 38.7 Å². The summed E-state index contributed by atoms with van der Waals surface area (Å²) >= 11 is 3.37. The number of morpholine rings is 1. The van der Waals surface area contributed by atoms with Gasteiger partial charge in [0, 0.05) is 17.6 Å². The van der Waals surface area contributed by atoms with Gasteiger partial charge < -0.3 is 4.74 Å². The molecular weight excluding hydrogens is 306 g/mol. The molecule has 1 aromatic carbocycles. The van der Waals surface area contributed by atoms with Gasteiger partial charge in [-0.25, -0.2) is 8.42 Å². The number of hydrogen-bond acceptors (Lipinski definition) is 3. The van der Waals surface area contributed by atoms with Crippen LogP contribution in [0, 0.1) is 0 Å². The van der Waals surface area contributed by atoms with Crippen molar-refractivity contribution in [2.45, 2.75) is 6.10 Å². The van der Waals surface area contributed by atoms with Gasteiger partial charge in [-0.2, -0.15) is 4.31 Å². The van der Waals surface area contributed by atoms with Crippen LogP contribution in [0.2, 0.25) is 0 Å². The minimum absolute atomic E-state index is 0.174. The van der Waals surface area contributed by atoms with Gasteiger partial charge in [-0.05, 0) is 17.7 Å². The quantitative estimate of drug-likeness (QED) is 0.834. The summed E-state index contributed by atoms with van der Waals surface area (Å²) in [5.41, 5.74) is 1.00. The van der Waals surface area contributed by atoms with Crippen LogP contribution in [0.25, 0.3) is 0 Å². The van der Waals surface area contributed by atoms with E-state index in [-0.39, 0.29) is 6.10 Å². The van der Waals surface area contributed by atoms with E-state index < -0.39 is 10.0 Å². The van der Waals surface area contributed by atoms with Crippen LogP contribution >= 0.6 is 15.9 Å². The number of rotatable bonds is 2. The predicted molar refractivity (Wildman–Crippen MR) is 69.3 cm³/mol. The van der Waals surface area contributed by atoms with Crippen molar-refractivity contribution in [2.75, 3.05) is 26.0 Å². The van der Waals surface area contributed by atoms with Crippen molar-refractivity contribution in [3.05, 3.63) is 34.3 Å². The molecule has 1 unspecified atom stereocenters. The van der Waals surface area contributed by atoms with Gasteiger partial charge in [0.1, 0.15) is 0 Å². The van der Waals surface area contributed by atoms with Crippen LogP contribution in [0.15, 0.2) is 28.7 Å². The number of hydrogen-bond donors (Lipinski definition) is 0. The second kappa shape index (κ2) is 5.06. The van der Waals surface area contributed by atoms with Gasteiger partial charge in [-0.3, -0.25) is 0 Å². The number of nitrogens with zero attached hydrogens (tertiary/aromatic N) is 1. The van der Waals surface area contributed by atoms with E-state index in [1.807, 2.05) is 24.3 Å². The minimum atomic E-state index is -3.13. The molecule has 4 nitrogen and oxygen atoms in total. The molecule has 1 saturated heterocycles. The Bertz CT molecular complexity index is 486. The Morgan fingerprint density at radius 1 is 1.35 bits per heavy atom. The Labute approximate surface area is 110 Å². The smallest absolute Gasteiger partial charge is 0.211 e. The summed E-state index contributed by atoms with van der Waals surface area (Å²) in [5, 5.41) is 0. The fraction of sp³-hybridized carbons (Fsp3) is 0.455. The first-order valence-electron chi connectivity index (χ1n) is 5.29. The maximum Gasteiger partial charge on any atom is 0.211 e. The van der Waals surface area contributed by atoms with Crippen LogP contribution in [0.1, 0.15) is 11.7 Å². The highest BCUT2D eigenvalue weighted by molar-refractivity contribution is 9.10. The highest BCUT2D eigenvalue weighted by Crippen LogP contribution is 2.24. The van der Waals surface area contributed by atoms with Crippen molar-refractivity contribution in [1.29, 1.82) is 0 Å². The molecule has 1 aliphatic heterocycles. The standard InChI is InChI=1S/C11H14BrNO3S/c1-17(14,15)13-6-7-16-11(8-13)9-2-4-10(12)5-3-9/h2-5,11H,6-8H2,1H3. The predicted octanol–water partition coefficient (Wildman–Crippen LogP) is 1.78. The Morgan fingerprint density at radius 3 is 2.59 bits per heavy atom. The van der Waals surface area contributed by atoms with Crippen LogP contribution in [0.3, 0.4) is 0 Å². The lowest BCUT2D eigenvalue weighted by atomic mass is 10.1. The largest absolute Gasteiger partial charge is 0.371 e. The lowest BCUT2D eigenvalue weighted by Gasteiger charge is -2.31. The third kappa shape index (κ3) is 3.28.